The maximum absolute atomic E-state index is 10.00. The molecular formula is C2H7NO3S. The molecule has 0 atom stereocenters. The van der Waals surface area contributed by atoms with Crippen molar-refractivity contribution in [3.8, 4) is 0 Å². The third kappa shape index (κ3) is 5.87. The summed E-state index contributed by atoms with van der Waals surface area (Å²) in [6, 6.07) is 0. The van der Waals surface area contributed by atoms with Crippen LogP contribution in [0, 0.1) is 0 Å². The Labute approximate surface area is 42.5 Å². The van der Waals surface area contributed by atoms with Gasteiger partial charge in [0.1, 0.15) is 0 Å². The van der Waals surface area contributed by atoms with Crippen molar-refractivity contribution in [2.24, 2.45) is 0 Å². The van der Waals surface area contributed by atoms with Gasteiger partial charge in [0.2, 0.25) is 10.0 Å². The fraction of sp³-hybridized carbons (Fsp3) is 1.00. The summed E-state index contributed by atoms with van der Waals surface area (Å²) in [4.78, 5) is 5.83. The van der Waals surface area contributed by atoms with Gasteiger partial charge in [0, 0.05) is 0 Å². The zero-order chi connectivity index (χ0) is 5.91. The van der Waals surface area contributed by atoms with E-state index in [9.17, 15) is 8.42 Å². The minimum absolute atomic E-state index is 1.01. The highest BCUT2D eigenvalue weighted by Crippen LogP contribution is 1.68. The van der Waals surface area contributed by atoms with E-state index in [4.69, 9.17) is 0 Å². The molecule has 0 spiro atoms. The number of rotatable bonds is 2. The van der Waals surface area contributed by atoms with Crippen LogP contribution in [0.1, 0.15) is 0 Å². The van der Waals surface area contributed by atoms with Crippen LogP contribution >= 0.6 is 0 Å². The Morgan fingerprint density at radius 3 is 2.00 bits per heavy atom. The topological polar surface area (TPSA) is 55.4 Å². The summed E-state index contributed by atoms with van der Waals surface area (Å²) in [6.07, 6.45) is 1.01. The molecule has 0 heterocycles. The van der Waals surface area contributed by atoms with Gasteiger partial charge in [0.15, 0.2) is 0 Å². The van der Waals surface area contributed by atoms with Crippen LogP contribution in [0.2, 0.25) is 0 Å². The van der Waals surface area contributed by atoms with Crippen LogP contribution in [-0.2, 0) is 14.9 Å². The standard InChI is InChI=1S/C2H7NO3S/c1-6-3-7(2,4)5/h3H,1-2H3. The van der Waals surface area contributed by atoms with E-state index in [1.807, 2.05) is 0 Å². The molecule has 0 aliphatic rings. The van der Waals surface area contributed by atoms with E-state index in [1.165, 1.54) is 7.11 Å². The predicted octanol–water partition coefficient (Wildman–Crippen LogP) is -0.903. The first-order valence-corrected chi connectivity index (χ1v) is 3.45. The van der Waals surface area contributed by atoms with Crippen molar-refractivity contribution in [2.45, 2.75) is 0 Å². The van der Waals surface area contributed by atoms with E-state index >= 15 is 0 Å². The Morgan fingerprint density at radius 1 is 1.57 bits per heavy atom. The van der Waals surface area contributed by atoms with Gasteiger partial charge in [0.25, 0.3) is 0 Å². The van der Waals surface area contributed by atoms with Crippen molar-refractivity contribution >= 4 is 10.0 Å². The molecule has 0 fully saturated rings. The second-order valence-corrected chi connectivity index (χ2v) is 2.77. The van der Waals surface area contributed by atoms with Gasteiger partial charge in [0.05, 0.1) is 13.4 Å². The number of hydrogen-bond acceptors (Lipinski definition) is 3. The lowest BCUT2D eigenvalue weighted by Crippen LogP contribution is -2.19. The van der Waals surface area contributed by atoms with Gasteiger partial charge in [-0.3, -0.25) is 4.84 Å². The zero-order valence-electron chi connectivity index (χ0n) is 4.13. The SMILES string of the molecule is CONS(C)(=O)=O. The first-order chi connectivity index (χ1) is 3.06. The highest BCUT2D eigenvalue weighted by molar-refractivity contribution is 7.88. The molecule has 0 aromatic heterocycles. The molecular weight excluding hydrogens is 118 g/mol. The maximum atomic E-state index is 10.00. The van der Waals surface area contributed by atoms with Gasteiger partial charge < -0.3 is 0 Å². The molecule has 5 heteroatoms. The van der Waals surface area contributed by atoms with Crippen LogP contribution in [0.15, 0.2) is 0 Å². The summed E-state index contributed by atoms with van der Waals surface area (Å²) in [5.41, 5.74) is 0. The third-order valence-electron chi connectivity index (χ3n) is 0.235. The van der Waals surface area contributed by atoms with Gasteiger partial charge in [-0.05, 0) is 0 Å². The third-order valence-corrected chi connectivity index (χ3v) is 0.704. The lowest BCUT2D eigenvalue weighted by atomic mass is 11.7. The summed E-state index contributed by atoms with van der Waals surface area (Å²) >= 11 is 0. The van der Waals surface area contributed by atoms with Crippen LogP contribution in [0.5, 0.6) is 0 Å². The van der Waals surface area contributed by atoms with Crippen LogP contribution in [0.3, 0.4) is 0 Å². The molecule has 0 saturated heterocycles. The molecule has 0 rings (SSSR count). The van der Waals surface area contributed by atoms with E-state index in [1.54, 1.807) is 4.89 Å². The molecule has 0 unspecified atom stereocenters. The lowest BCUT2D eigenvalue weighted by molar-refractivity contribution is 0.154. The Hall–Kier alpha value is -0.130. The van der Waals surface area contributed by atoms with E-state index in [0.717, 1.165) is 6.26 Å². The van der Waals surface area contributed by atoms with Gasteiger partial charge in [-0.25, -0.2) is 8.42 Å². The van der Waals surface area contributed by atoms with Gasteiger partial charge >= 0.3 is 0 Å². The summed E-state index contributed by atoms with van der Waals surface area (Å²) in [7, 11) is -1.91. The molecule has 0 radical (unpaired) electrons. The summed E-state index contributed by atoms with van der Waals surface area (Å²) in [6.45, 7) is 0. The molecule has 1 N–H and O–H groups in total. The number of hydrogen-bond donors (Lipinski definition) is 1. The first-order valence-electron chi connectivity index (χ1n) is 1.56. The number of sulfonamides is 1. The first kappa shape index (κ1) is 6.87. The van der Waals surface area contributed by atoms with Gasteiger partial charge in [-0.2, -0.15) is 0 Å². The van der Waals surface area contributed by atoms with Crippen LogP contribution in [0.25, 0.3) is 0 Å². The molecule has 0 bridgehead atoms. The molecule has 7 heavy (non-hydrogen) atoms. The van der Waals surface area contributed by atoms with E-state index in [0.29, 0.717) is 0 Å². The van der Waals surface area contributed by atoms with Crippen molar-refractivity contribution in [3.05, 3.63) is 0 Å². The lowest BCUT2D eigenvalue weighted by Gasteiger charge is -1.92. The Kier molecular flexibility index (Phi) is 2.21. The molecule has 0 aliphatic carbocycles. The highest BCUT2D eigenvalue weighted by atomic mass is 32.2. The molecule has 4 nitrogen and oxygen atoms in total. The fourth-order valence-electron chi connectivity index (χ4n) is 0.151. The highest BCUT2D eigenvalue weighted by Gasteiger charge is 1.93. The second kappa shape index (κ2) is 2.25. The van der Waals surface area contributed by atoms with E-state index in [-0.39, 0.29) is 0 Å². The molecule has 0 aliphatic heterocycles. The van der Waals surface area contributed by atoms with E-state index < -0.39 is 10.0 Å². The fourth-order valence-corrected chi connectivity index (χ4v) is 0.454. The number of nitrogens with one attached hydrogen (secondary N) is 1. The summed E-state index contributed by atoms with van der Waals surface area (Å²) in [5.74, 6) is 0. The van der Waals surface area contributed by atoms with Crippen molar-refractivity contribution in [1.29, 1.82) is 0 Å². The molecule has 44 valence electrons. The van der Waals surface area contributed by atoms with E-state index in [2.05, 4.69) is 4.84 Å². The average Bonchev–Trinajstić information content (AvgIpc) is 1.30. The van der Waals surface area contributed by atoms with Crippen molar-refractivity contribution in [3.63, 3.8) is 0 Å². The Morgan fingerprint density at radius 2 is 2.00 bits per heavy atom. The molecule has 0 aromatic rings. The normalized spacial score (nSPS) is 11.7. The summed E-state index contributed by atoms with van der Waals surface area (Å²) in [5, 5.41) is 0. The van der Waals surface area contributed by atoms with Crippen LogP contribution in [-0.4, -0.2) is 21.8 Å². The average molecular weight is 125 g/mol. The quantitative estimate of drug-likeness (QED) is 0.486. The van der Waals surface area contributed by atoms with Crippen LogP contribution < -0.4 is 4.89 Å². The zero-order valence-corrected chi connectivity index (χ0v) is 4.95. The van der Waals surface area contributed by atoms with Crippen molar-refractivity contribution in [1.82, 2.24) is 4.89 Å². The molecule has 0 aromatic carbocycles. The summed E-state index contributed by atoms with van der Waals surface area (Å²) < 4.78 is 20.0. The predicted molar refractivity (Wildman–Crippen MR) is 25.0 cm³/mol. The largest absolute Gasteiger partial charge is 0.290 e. The molecule has 0 amide bonds. The van der Waals surface area contributed by atoms with Crippen molar-refractivity contribution in [2.75, 3.05) is 13.4 Å². The Balaban J connectivity index is 3.60. The monoisotopic (exact) mass is 125 g/mol. The smallest absolute Gasteiger partial charge is 0.230 e. The second-order valence-electron chi connectivity index (χ2n) is 1.06. The van der Waals surface area contributed by atoms with Crippen molar-refractivity contribution < 1.29 is 13.3 Å². The maximum Gasteiger partial charge on any atom is 0.230 e. The molecule has 0 saturated carbocycles. The van der Waals surface area contributed by atoms with Crippen LogP contribution in [0.4, 0.5) is 0 Å². The van der Waals surface area contributed by atoms with Gasteiger partial charge in [-0.15, -0.1) is 0 Å². The van der Waals surface area contributed by atoms with Gasteiger partial charge in [-0.1, -0.05) is 4.89 Å². The minimum atomic E-state index is -3.15. The Bertz CT molecular complexity index is 126. The minimum Gasteiger partial charge on any atom is -0.290 e.